The van der Waals surface area contributed by atoms with Gasteiger partial charge in [0.15, 0.2) is 17.6 Å². The molecule has 0 aliphatic heterocycles. The molecule has 0 aromatic heterocycles. The number of aryl methyl sites for hydroxylation is 1. The Hall–Kier alpha value is -3.22. The summed E-state index contributed by atoms with van der Waals surface area (Å²) in [6.07, 6.45) is -0.949. The molecule has 0 saturated heterocycles. The van der Waals surface area contributed by atoms with Crippen LogP contribution in [0.5, 0.6) is 17.2 Å². The molecular weight excluding hydrogens is 362 g/mol. The molecule has 1 N–H and O–H groups in total. The van der Waals surface area contributed by atoms with E-state index in [9.17, 15) is 9.59 Å². The van der Waals surface area contributed by atoms with E-state index in [1.54, 1.807) is 31.4 Å². The van der Waals surface area contributed by atoms with Crippen LogP contribution in [-0.2, 0) is 20.7 Å². The molecule has 7 nitrogen and oxygen atoms in total. The highest BCUT2D eigenvalue weighted by atomic mass is 16.5. The lowest BCUT2D eigenvalue weighted by Gasteiger charge is -2.15. The van der Waals surface area contributed by atoms with Crippen LogP contribution in [0.2, 0.25) is 0 Å². The first-order chi connectivity index (χ1) is 13.4. The van der Waals surface area contributed by atoms with Gasteiger partial charge < -0.3 is 24.3 Å². The average molecular weight is 387 g/mol. The molecule has 0 unspecified atom stereocenters. The number of carbonyl (C=O) groups excluding carboxylic acids is 2. The standard InChI is InChI=1S/C21H25NO6/c1-13-6-8-17(25-3)15(10-13)11-20(23)28-14(2)21(24)22-16-7-9-18(26-4)19(12-16)27-5/h6-10,12,14H,11H2,1-5H3,(H,22,24)/t14-/m0/s1. The van der Waals surface area contributed by atoms with Crippen molar-refractivity contribution in [2.45, 2.75) is 26.4 Å². The second-order valence-corrected chi connectivity index (χ2v) is 6.18. The molecule has 0 bridgehead atoms. The third kappa shape index (κ3) is 5.39. The zero-order valence-electron chi connectivity index (χ0n) is 16.7. The number of hydrogen-bond donors (Lipinski definition) is 1. The molecule has 0 heterocycles. The summed E-state index contributed by atoms with van der Waals surface area (Å²) in [4.78, 5) is 24.6. The summed E-state index contributed by atoms with van der Waals surface area (Å²) in [6, 6.07) is 10.5. The molecule has 150 valence electrons. The van der Waals surface area contributed by atoms with E-state index < -0.39 is 18.0 Å². The molecule has 0 aliphatic rings. The van der Waals surface area contributed by atoms with Crippen LogP contribution >= 0.6 is 0 Å². The smallest absolute Gasteiger partial charge is 0.311 e. The molecule has 1 amide bonds. The van der Waals surface area contributed by atoms with Crippen molar-refractivity contribution in [2.24, 2.45) is 0 Å². The van der Waals surface area contributed by atoms with Crippen LogP contribution in [0.3, 0.4) is 0 Å². The van der Waals surface area contributed by atoms with Crippen molar-refractivity contribution in [1.29, 1.82) is 0 Å². The minimum atomic E-state index is -0.962. The van der Waals surface area contributed by atoms with Crippen LogP contribution in [0.1, 0.15) is 18.1 Å². The Bertz CT molecular complexity index is 849. The number of anilines is 1. The fourth-order valence-electron chi connectivity index (χ4n) is 2.65. The lowest BCUT2D eigenvalue weighted by atomic mass is 10.1. The van der Waals surface area contributed by atoms with E-state index >= 15 is 0 Å². The number of amides is 1. The Kier molecular flexibility index (Phi) is 7.26. The van der Waals surface area contributed by atoms with Gasteiger partial charge in [-0.15, -0.1) is 0 Å². The van der Waals surface area contributed by atoms with Gasteiger partial charge in [0, 0.05) is 17.3 Å². The second kappa shape index (κ2) is 9.64. The van der Waals surface area contributed by atoms with E-state index in [0.29, 0.717) is 28.5 Å². The first-order valence-corrected chi connectivity index (χ1v) is 8.73. The fraction of sp³-hybridized carbons (Fsp3) is 0.333. The maximum absolute atomic E-state index is 12.3. The lowest BCUT2D eigenvalue weighted by Crippen LogP contribution is -2.30. The van der Waals surface area contributed by atoms with Gasteiger partial charge in [-0.3, -0.25) is 9.59 Å². The zero-order valence-corrected chi connectivity index (χ0v) is 16.7. The van der Waals surface area contributed by atoms with E-state index in [0.717, 1.165) is 5.56 Å². The van der Waals surface area contributed by atoms with Crippen molar-refractivity contribution < 1.29 is 28.5 Å². The quantitative estimate of drug-likeness (QED) is 0.701. The normalized spacial score (nSPS) is 11.3. The summed E-state index contributed by atoms with van der Waals surface area (Å²) in [7, 11) is 4.58. The number of rotatable bonds is 8. The molecular formula is C21H25NO6. The highest BCUT2D eigenvalue weighted by molar-refractivity contribution is 5.95. The summed E-state index contributed by atoms with van der Waals surface area (Å²) in [5.41, 5.74) is 2.22. The molecule has 0 aliphatic carbocycles. The van der Waals surface area contributed by atoms with Crippen molar-refractivity contribution in [2.75, 3.05) is 26.6 Å². The summed E-state index contributed by atoms with van der Waals surface area (Å²) < 4.78 is 20.9. The van der Waals surface area contributed by atoms with Crippen molar-refractivity contribution >= 4 is 17.6 Å². The van der Waals surface area contributed by atoms with Crippen LogP contribution < -0.4 is 19.5 Å². The number of nitrogens with one attached hydrogen (secondary N) is 1. The van der Waals surface area contributed by atoms with Crippen LogP contribution in [-0.4, -0.2) is 39.3 Å². The number of carbonyl (C=O) groups is 2. The topological polar surface area (TPSA) is 83.1 Å². The fourth-order valence-corrected chi connectivity index (χ4v) is 2.65. The summed E-state index contributed by atoms with van der Waals surface area (Å²) in [5.74, 6) is 0.671. The maximum atomic E-state index is 12.3. The zero-order chi connectivity index (χ0) is 20.7. The van der Waals surface area contributed by atoms with E-state index in [2.05, 4.69) is 5.32 Å². The van der Waals surface area contributed by atoms with Gasteiger partial charge in [-0.05, 0) is 32.0 Å². The van der Waals surface area contributed by atoms with Gasteiger partial charge in [0.25, 0.3) is 5.91 Å². The molecule has 0 fully saturated rings. The Balaban J connectivity index is 1.98. The molecule has 2 aromatic carbocycles. The predicted molar refractivity (Wildman–Crippen MR) is 105 cm³/mol. The second-order valence-electron chi connectivity index (χ2n) is 6.18. The SMILES string of the molecule is COc1ccc(C)cc1CC(=O)O[C@@H](C)C(=O)Nc1ccc(OC)c(OC)c1. The average Bonchev–Trinajstić information content (AvgIpc) is 2.67. The van der Waals surface area contributed by atoms with Gasteiger partial charge in [-0.25, -0.2) is 0 Å². The summed E-state index contributed by atoms with van der Waals surface area (Å²) in [6.45, 7) is 3.44. The summed E-state index contributed by atoms with van der Waals surface area (Å²) >= 11 is 0. The number of ether oxygens (including phenoxy) is 4. The van der Waals surface area contributed by atoms with Crippen molar-refractivity contribution in [3.05, 3.63) is 47.5 Å². The molecule has 2 rings (SSSR count). The minimum Gasteiger partial charge on any atom is -0.496 e. The van der Waals surface area contributed by atoms with Gasteiger partial charge in [-0.1, -0.05) is 17.7 Å². The number of methoxy groups -OCH3 is 3. The van der Waals surface area contributed by atoms with Gasteiger partial charge in [-0.2, -0.15) is 0 Å². The molecule has 0 radical (unpaired) electrons. The van der Waals surface area contributed by atoms with Gasteiger partial charge >= 0.3 is 5.97 Å². The monoisotopic (exact) mass is 387 g/mol. The highest BCUT2D eigenvalue weighted by Gasteiger charge is 2.20. The van der Waals surface area contributed by atoms with E-state index in [1.165, 1.54) is 21.1 Å². The molecule has 0 saturated carbocycles. The van der Waals surface area contributed by atoms with Gasteiger partial charge in [0.05, 0.1) is 27.8 Å². The number of esters is 1. The van der Waals surface area contributed by atoms with Crippen LogP contribution in [0.25, 0.3) is 0 Å². The maximum Gasteiger partial charge on any atom is 0.311 e. The Morgan fingerprint density at radius 1 is 0.929 bits per heavy atom. The van der Waals surface area contributed by atoms with Crippen molar-refractivity contribution in [3.8, 4) is 17.2 Å². The largest absolute Gasteiger partial charge is 0.496 e. The molecule has 7 heteroatoms. The van der Waals surface area contributed by atoms with E-state index in [4.69, 9.17) is 18.9 Å². The predicted octanol–water partition coefficient (Wildman–Crippen LogP) is 3.13. The minimum absolute atomic E-state index is 0.0127. The van der Waals surface area contributed by atoms with Crippen LogP contribution in [0.15, 0.2) is 36.4 Å². The molecule has 2 aromatic rings. The lowest BCUT2D eigenvalue weighted by molar-refractivity contribution is -0.152. The van der Waals surface area contributed by atoms with Gasteiger partial charge in [0.2, 0.25) is 0 Å². The van der Waals surface area contributed by atoms with Crippen molar-refractivity contribution in [1.82, 2.24) is 0 Å². The van der Waals surface area contributed by atoms with Crippen molar-refractivity contribution in [3.63, 3.8) is 0 Å². The van der Waals surface area contributed by atoms with E-state index in [-0.39, 0.29) is 6.42 Å². The molecule has 1 atom stereocenters. The van der Waals surface area contributed by atoms with E-state index in [1.807, 2.05) is 19.1 Å². The van der Waals surface area contributed by atoms with Gasteiger partial charge in [0.1, 0.15) is 5.75 Å². The van der Waals surface area contributed by atoms with Crippen LogP contribution in [0, 0.1) is 6.92 Å². The Morgan fingerprint density at radius 3 is 2.21 bits per heavy atom. The third-order valence-electron chi connectivity index (χ3n) is 4.10. The molecule has 0 spiro atoms. The number of hydrogen-bond acceptors (Lipinski definition) is 6. The Morgan fingerprint density at radius 2 is 1.57 bits per heavy atom. The highest BCUT2D eigenvalue weighted by Crippen LogP contribution is 2.29. The molecule has 28 heavy (non-hydrogen) atoms. The number of benzene rings is 2. The first kappa shape index (κ1) is 21.1. The summed E-state index contributed by atoms with van der Waals surface area (Å²) in [5, 5.41) is 2.69. The third-order valence-corrected chi connectivity index (χ3v) is 4.10. The first-order valence-electron chi connectivity index (χ1n) is 8.73. The van der Waals surface area contributed by atoms with Crippen LogP contribution in [0.4, 0.5) is 5.69 Å². The Labute approximate surface area is 164 Å².